The van der Waals surface area contributed by atoms with Gasteiger partial charge in [-0.25, -0.2) is 4.39 Å². The van der Waals surface area contributed by atoms with Gasteiger partial charge in [0.15, 0.2) is 0 Å². The first kappa shape index (κ1) is 12.6. The van der Waals surface area contributed by atoms with Gasteiger partial charge in [0.2, 0.25) is 0 Å². The van der Waals surface area contributed by atoms with Crippen molar-refractivity contribution in [2.45, 2.75) is 24.8 Å². The van der Waals surface area contributed by atoms with Gasteiger partial charge in [0, 0.05) is 17.0 Å². The summed E-state index contributed by atoms with van der Waals surface area (Å²) < 4.78 is 13.0. The predicted molar refractivity (Wildman–Crippen MR) is 76.0 cm³/mol. The molecule has 0 spiro atoms. The topological polar surface area (TPSA) is 26.0 Å². The van der Waals surface area contributed by atoms with Crippen LogP contribution in [0.5, 0.6) is 0 Å². The number of halogens is 2. The molecule has 2 aromatic carbocycles. The average Bonchev–Trinajstić information content (AvgIpc) is 2.34. The zero-order chi connectivity index (χ0) is 13.4. The van der Waals surface area contributed by atoms with E-state index in [1.54, 1.807) is 6.07 Å². The summed E-state index contributed by atoms with van der Waals surface area (Å²) in [5.41, 5.74) is 9.92. The molecule has 1 aliphatic rings. The van der Waals surface area contributed by atoms with Crippen molar-refractivity contribution in [3.63, 3.8) is 0 Å². The number of hydrogen-bond donors (Lipinski definition) is 1. The number of nitrogens with two attached hydrogens (primary N) is 1. The molecule has 0 heterocycles. The van der Waals surface area contributed by atoms with Gasteiger partial charge in [-0.1, -0.05) is 41.9 Å². The van der Waals surface area contributed by atoms with E-state index >= 15 is 0 Å². The van der Waals surface area contributed by atoms with Gasteiger partial charge in [-0.05, 0) is 41.7 Å². The van der Waals surface area contributed by atoms with Crippen LogP contribution in [-0.4, -0.2) is 6.04 Å². The Bertz CT molecular complexity index is 611. The second kappa shape index (κ2) is 4.95. The smallest absolute Gasteiger partial charge is 0.124 e. The van der Waals surface area contributed by atoms with Crippen LogP contribution in [0.1, 0.15) is 22.6 Å². The third-order valence-electron chi connectivity index (χ3n) is 3.88. The van der Waals surface area contributed by atoms with Crippen molar-refractivity contribution in [1.29, 1.82) is 0 Å². The lowest BCUT2D eigenvalue weighted by Gasteiger charge is -2.34. The Hall–Kier alpha value is -1.38. The Morgan fingerprint density at radius 2 is 2.05 bits per heavy atom. The Kier molecular flexibility index (Phi) is 3.29. The molecule has 19 heavy (non-hydrogen) atoms. The highest BCUT2D eigenvalue weighted by Gasteiger charge is 2.30. The first-order valence-electron chi connectivity index (χ1n) is 6.42. The minimum atomic E-state index is -0.309. The third kappa shape index (κ3) is 2.38. The summed E-state index contributed by atoms with van der Waals surface area (Å²) in [5.74, 6) is 0.0774. The molecule has 2 unspecified atom stereocenters. The molecule has 0 fully saturated rings. The van der Waals surface area contributed by atoms with Crippen molar-refractivity contribution in [2.24, 2.45) is 5.73 Å². The normalized spacial score (nSPS) is 18.6. The molecule has 0 amide bonds. The summed E-state index contributed by atoms with van der Waals surface area (Å²) >= 11 is 6.04. The van der Waals surface area contributed by atoms with Gasteiger partial charge in [0.05, 0.1) is 0 Å². The molecule has 0 saturated heterocycles. The fourth-order valence-electron chi connectivity index (χ4n) is 2.76. The van der Waals surface area contributed by atoms with Crippen molar-refractivity contribution in [2.75, 3.05) is 0 Å². The SMILES string of the molecule is NC(Cc1ccc(F)cc1Cl)C1Cc2ccccc21. The van der Waals surface area contributed by atoms with Crippen LogP contribution < -0.4 is 5.73 Å². The molecule has 0 bridgehead atoms. The number of hydrogen-bond acceptors (Lipinski definition) is 1. The molecule has 2 N–H and O–H groups in total. The van der Waals surface area contributed by atoms with Gasteiger partial charge >= 0.3 is 0 Å². The largest absolute Gasteiger partial charge is 0.327 e. The highest BCUT2D eigenvalue weighted by atomic mass is 35.5. The number of rotatable bonds is 3. The van der Waals surface area contributed by atoms with Crippen molar-refractivity contribution >= 4 is 11.6 Å². The van der Waals surface area contributed by atoms with Crippen LogP contribution in [0, 0.1) is 5.82 Å². The lowest BCUT2D eigenvalue weighted by molar-refractivity contribution is 0.480. The maximum Gasteiger partial charge on any atom is 0.124 e. The molecule has 3 heteroatoms. The Balaban J connectivity index is 1.75. The van der Waals surface area contributed by atoms with Crippen molar-refractivity contribution in [3.8, 4) is 0 Å². The molecule has 0 aromatic heterocycles. The van der Waals surface area contributed by atoms with Crippen molar-refractivity contribution in [3.05, 3.63) is 70.0 Å². The van der Waals surface area contributed by atoms with E-state index in [0.29, 0.717) is 17.4 Å². The van der Waals surface area contributed by atoms with Crippen LogP contribution in [0.25, 0.3) is 0 Å². The lowest BCUT2D eigenvalue weighted by atomic mass is 9.72. The molecule has 1 aliphatic carbocycles. The van der Waals surface area contributed by atoms with E-state index in [1.807, 2.05) is 6.07 Å². The molecule has 98 valence electrons. The molecular formula is C16H15ClFN. The summed E-state index contributed by atoms with van der Waals surface area (Å²) in [6, 6.07) is 12.9. The molecule has 2 atom stereocenters. The molecule has 2 aromatic rings. The third-order valence-corrected chi connectivity index (χ3v) is 4.23. The fraction of sp³-hybridized carbons (Fsp3) is 0.250. The molecule has 0 aliphatic heterocycles. The van der Waals surface area contributed by atoms with Gasteiger partial charge in [-0.3, -0.25) is 0 Å². The summed E-state index contributed by atoms with van der Waals surface area (Å²) in [5, 5.41) is 0.461. The second-order valence-electron chi connectivity index (χ2n) is 5.11. The summed E-state index contributed by atoms with van der Waals surface area (Å²) in [6.07, 6.45) is 1.70. The molecule has 0 saturated carbocycles. The fourth-order valence-corrected chi connectivity index (χ4v) is 3.01. The summed E-state index contributed by atoms with van der Waals surface area (Å²) in [7, 11) is 0. The zero-order valence-corrected chi connectivity index (χ0v) is 11.2. The van der Waals surface area contributed by atoms with Crippen LogP contribution >= 0.6 is 11.6 Å². The monoisotopic (exact) mass is 275 g/mol. The quantitative estimate of drug-likeness (QED) is 0.908. The predicted octanol–water partition coefficient (Wildman–Crippen LogP) is 3.69. The van der Waals surface area contributed by atoms with Crippen LogP contribution in [0.4, 0.5) is 4.39 Å². The maximum absolute atomic E-state index is 13.0. The van der Waals surface area contributed by atoms with E-state index in [2.05, 4.69) is 18.2 Å². The van der Waals surface area contributed by atoms with Crippen molar-refractivity contribution in [1.82, 2.24) is 0 Å². The Morgan fingerprint density at radius 1 is 1.26 bits per heavy atom. The van der Waals surface area contributed by atoms with E-state index in [4.69, 9.17) is 17.3 Å². The number of fused-ring (bicyclic) bond motifs is 1. The lowest BCUT2D eigenvalue weighted by Crippen LogP contribution is -2.37. The molecular weight excluding hydrogens is 261 g/mol. The van der Waals surface area contributed by atoms with Gasteiger partial charge in [-0.15, -0.1) is 0 Å². The van der Waals surface area contributed by atoms with Crippen LogP contribution in [0.3, 0.4) is 0 Å². The van der Waals surface area contributed by atoms with Crippen LogP contribution in [0.2, 0.25) is 5.02 Å². The standard InChI is InChI=1S/C16H15ClFN/c17-15-9-12(18)6-5-11(15)8-16(19)14-7-10-3-1-2-4-13(10)14/h1-6,9,14,16H,7-8,19H2. The van der Waals surface area contributed by atoms with E-state index in [-0.39, 0.29) is 11.9 Å². The average molecular weight is 276 g/mol. The molecule has 0 radical (unpaired) electrons. The second-order valence-corrected chi connectivity index (χ2v) is 5.52. The summed E-state index contributed by atoms with van der Waals surface area (Å²) in [6.45, 7) is 0. The first-order chi connectivity index (χ1) is 9.15. The first-order valence-corrected chi connectivity index (χ1v) is 6.80. The van der Waals surface area contributed by atoms with E-state index in [0.717, 1.165) is 12.0 Å². The van der Waals surface area contributed by atoms with Crippen LogP contribution in [0.15, 0.2) is 42.5 Å². The Morgan fingerprint density at radius 3 is 2.79 bits per heavy atom. The number of benzene rings is 2. The van der Waals surface area contributed by atoms with Crippen LogP contribution in [-0.2, 0) is 12.8 Å². The zero-order valence-electron chi connectivity index (χ0n) is 10.4. The highest BCUT2D eigenvalue weighted by Crippen LogP contribution is 2.37. The van der Waals surface area contributed by atoms with Gasteiger partial charge in [-0.2, -0.15) is 0 Å². The maximum atomic E-state index is 13.0. The van der Waals surface area contributed by atoms with Gasteiger partial charge in [0.25, 0.3) is 0 Å². The summed E-state index contributed by atoms with van der Waals surface area (Å²) in [4.78, 5) is 0. The minimum absolute atomic E-state index is 0.0258. The van der Waals surface area contributed by atoms with E-state index < -0.39 is 0 Å². The van der Waals surface area contributed by atoms with Gasteiger partial charge < -0.3 is 5.73 Å². The Labute approximate surface area is 117 Å². The minimum Gasteiger partial charge on any atom is -0.327 e. The van der Waals surface area contributed by atoms with Gasteiger partial charge in [0.1, 0.15) is 5.82 Å². The molecule has 3 rings (SSSR count). The van der Waals surface area contributed by atoms with Crippen molar-refractivity contribution < 1.29 is 4.39 Å². The highest BCUT2D eigenvalue weighted by molar-refractivity contribution is 6.31. The van der Waals surface area contributed by atoms with E-state index in [9.17, 15) is 4.39 Å². The van der Waals surface area contributed by atoms with E-state index in [1.165, 1.54) is 23.3 Å². The molecule has 1 nitrogen and oxygen atoms in total.